The van der Waals surface area contributed by atoms with Crippen LogP contribution < -0.4 is 9.47 Å². The van der Waals surface area contributed by atoms with Crippen LogP contribution in [0.15, 0.2) is 47.5 Å². The van der Waals surface area contributed by atoms with E-state index in [4.69, 9.17) is 14.2 Å². The van der Waals surface area contributed by atoms with Gasteiger partial charge in [-0.15, -0.1) is 11.3 Å². The van der Waals surface area contributed by atoms with Gasteiger partial charge in [-0.2, -0.15) is 0 Å². The minimum absolute atomic E-state index is 0.238. The van der Waals surface area contributed by atoms with Crippen LogP contribution >= 0.6 is 11.3 Å². The van der Waals surface area contributed by atoms with Crippen molar-refractivity contribution in [1.29, 1.82) is 0 Å². The van der Waals surface area contributed by atoms with Crippen molar-refractivity contribution in [2.24, 2.45) is 4.99 Å². The summed E-state index contributed by atoms with van der Waals surface area (Å²) >= 11 is 1.51. The molecular weight excluding hydrogens is 398 g/mol. The first-order valence-corrected chi connectivity index (χ1v) is 10.7. The maximum Gasteiger partial charge on any atom is 0.341 e. The molecule has 0 radical (unpaired) electrons. The number of ether oxygens (including phenoxy) is 3. The van der Waals surface area contributed by atoms with Crippen molar-refractivity contribution >= 4 is 28.5 Å². The minimum atomic E-state index is -0.339. The third-order valence-electron chi connectivity index (χ3n) is 4.90. The zero-order valence-corrected chi connectivity index (χ0v) is 18.0. The van der Waals surface area contributed by atoms with Crippen molar-refractivity contribution in [3.8, 4) is 11.5 Å². The monoisotopic (exact) mass is 421 g/mol. The molecular formula is C24H23NO4S. The standard InChI is InChI=1S/C24H23NO4S/c1-4-27-24(26)22-19(11-18-9-10-20-21(12-18)29-14-28-20)16(3)30-23(22)25-13-17-7-5-15(2)6-8-17/h5-10,12-13H,4,11,14H2,1-3H3. The number of hydrogen-bond acceptors (Lipinski definition) is 6. The first-order chi connectivity index (χ1) is 14.5. The summed E-state index contributed by atoms with van der Waals surface area (Å²) in [5.41, 5.74) is 4.70. The minimum Gasteiger partial charge on any atom is -0.462 e. The van der Waals surface area contributed by atoms with Crippen LogP contribution in [0.25, 0.3) is 0 Å². The number of carbonyl (C=O) groups excluding carboxylic acids is 1. The molecule has 0 bridgehead atoms. The lowest BCUT2D eigenvalue weighted by Gasteiger charge is -2.07. The molecule has 0 saturated heterocycles. The highest BCUT2D eigenvalue weighted by molar-refractivity contribution is 7.16. The molecule has 1 aliphatic rings. The van der Waals surface area contributed by atoms with Crippen LogP contribution in [0.4, 0.5) is 5.00 Å². The van der Waals surface area contributed by atoms with E-state index >= 15 is 0 Å². The highest BCUT2D eigenvalue weighted by atomic mass is 32.1. The van der Waals surface area contributed by atoms with Gasteiger partial charge in [0, 0.05) is 11.1 Å². The number of carbonyl (C=O) groups is 1. The highest BCUT2D eigenvalue weighted by Gasteiger charge is 2.24. The van der Waals surface area contributed by atoms with E-state index in [1.54, 1.807) is 6.21 Å². The summed E-state index contributed by atoms with van der Waals surface area (Å²) in [6.07, 6.45) is 2.38. The molecule has 0 N–H and O–H groups in total. The van der Waals surface area contributed by atoms with Gasteiger partial charge in [0.05, 0.1) is 6.61 Å². The zero-order chi connectivity index (χ0) is 21.1. The first-order valence-electron chi connectivity index (χ1n) is 9.83. The maximum atomic E-state index is 12.8. The zero-order valence-electron chi connectivity index (χ0n) is 17.2. The van der Waals surface area contributed by atoms with Crippen LogP contribution in [0, 0.1) is 13.8 Å². The number of hydrogen-bond donors (Lipinski definition) is 0. The van der Waals surface area contributed by atoms with Gasteiger partial charge in [0.2, 0.25) is 6.79 Å². The molecule has 2 aromatic carbocycles. The highest BCUT2D eigenvalue weighted by Crippen LogP contribution is 2.39. The van der Waals surface area contributed by atoms with Gasteiger partial charge in [0.25, 0.3) is 0 Å². The van der Waals surface area contributed by atoms with E-state index in [0.717, 1.165) is 33.1 Å². The predicted molar refractivity (Wildman–Crippen MR) is 119 cm³/mol. The van der Waals surface area contributed by atoms with E-state index in [1.165, 1.54) is 16.9 Å². The number of rotatable bonds is 6. The third-order valence-corrected chi connectivity index (χ3v) is 5.95. The number of esters is 1. The summed E-state index contributed by atoms with van der Waals surface area (Å²) in [5, 5.41) is 0.669. The number of nitrogens with zero attached hydrogens (tertiary/aromatic N) is 1. The molecule has 0 saturated carbocycles. The maximum absolute atomic E-state index is 12.8. The van der Waals surface area contributed by atoms with Gasteiger partial charge < -0.3 is 14.2 Å². The third kappa shape index (κ3) is 4.24. The van der Waals surface area contributed by atoms with Crippen LogP contribution in [-0.4, -0.2) is 25.6 Å². The van der Waals surface area contributed by atoms with Crippen LogP contribution in [0.5, 0.6) is 11.5 Å². The van der Waals surface area contributed by atoms with Gasteiger partial charge in [0.1, 0.15) is 10.6 Å². The van der Waals surface area contributed by atoms with Crippen LogP contribution in [0.3, 0.4) is 0 Å². The molecule has 3 aromatic rings. The summed E-state index contributed by atoms with van der Waals surface area (Å²) in [6, 6.07) is 14.0. The molecule has 2 heterocycles. The second-order valence-electron chi connectivity index (χ2n) is 7.07. The predicted octanol–water partition coefficient (Wildman–Crippen LogP) is 5.61. The molecule has 1 aromatic heterocycles. The molecule has 30 heavy (non-hydrogen) atoms. The van der Waals surface area contributed by atoms with E-state index in [0.29, 0.717) is 23.6 Å². The van der Waals surface area contributed by atoms with Gasteiger partial charge in [-0.05, 0) is 56.0 Å². The fourth-order valence-electron chi connectivity index (χ4n) is 3.32. The second kappa shape index (κ2) is 8.71. The molecule has 0 amide bonds. The second-order valence-corrected chi connectivity index (χ2v) is 8.27. The summed E-state index contributed by atoms with van der Waals surface area (Å²) < 4.78 is 16.2. The number of fused-ring (bicyclic) bond motifs is 1. The SMILES string of the molecule is CCOC(=O)c1c(N=Cc2ccc(C)cc2)sc(C)c1Cc1ccc2c(c1)OCO2. The van der Waals surface area contributed by atoms with E-state index < -0.39 is 0 Å². The van der Waals surface area contributed by atoms with Gasteiger partial charge >= 0.3 is 5.97 Å². The Morgan fingerprint density at radius 2 is 1.90 bits per heavy atom. The van der Waals surface area contributed by atoms with Crippen LogP contribution in [0.1, 0.15) is 44.4 Å². The van der Waals surface area contributed by atoms with Crippen molar-refractivity contribution in [3.05, 3.63) is 75.2 Å². The smallest absolute Gasteiger partial charge is 0.341 e. The normalized spacial score (nSPS) is 12.5. The molecule has 154 valence electrons. The van der Waals surface area contributed by atoms with E-state index in [-0.39, 0.29) is 12.8 Å². The Balaban J connectivity index is 1.69. The fraction of sp³-hybridized carbons (Fsp3) is 0.250. The Morgan fingerprint density at radius 3 is 2.67 bits per heavy atom. The fourth-order valence-corrected chi connectivity index (χ4v) is 4.32. The summed E-state index contributed by atoms with van der Waals surface area (Å²) in [4.78, 5) is 18.5. The lowest BCUT2D eigenvalue weighted by Crippen LogP contribution is -2.07. The Bertz CT molecular complexity index is 1100. The summed E-state index contributed by atoms with van der Waals surface area (Å²) in [5.74, 6) is 1.14. The molecule has 1 aliphatic heterocycles. The molecule has 0 atom stereocenters. The molecule has 6 heteroatoms. The number of thiophene rings is 1. The number of aliphatic imine (C=N–C) groups is 1. The van der Waals surface area contributed by atoms with Crippen LogP contribution in [0.2, 0.25) is 0 Å². The Kier molecular flexibility index (Phi) is 5.86. The van der Waals surface area contributed by atoms with Gasteiger partial charge in [-0.3, -0.25) is 0 Å². The first kappa shape index (κ1) is 20.2. The average molecular weight is 422 g/mol. The Hall–Kier alpha value is -3.12. The van der Waals surface area contributed by atoms with Gasteiger partial charge in [0.15, 0.2) is 11.5 Å². The summed E-state index contributed by atoms with van der Waals surface area (Å²) in [6.45, 7) is 6.43. The topological polar surface area (TPSA) is 57.1 Å². The number of benzene rings is 2. The Morgan fingerprint density at radius 1 is 1.13 bits per heavy atom. The lowest BCUT2D eigenvalue weighted by molar-refractivity contribution is 0.0527. The molecule has 4 rings (SSSR count). The van der Waals surface area contributed by atoms with Gasteiger partial charge in [-0.1, -0.05) is 35.9 Å². The molecule has 0 aliphatic carbocycles. The molecule has 0 fully saturated rings. The van der Waals surface area contributed by atoms with Crippen molar-refractivity contribution in [2.45, 2.75) is 27.2 Å². The van der Waals surface area contributed by atoms with Gasteiger partial charge in [-0.25, -0.2) is 9.79 Å². The van der Waals surface area contributed by atoms with E-state index in [9.17, 15) is 4.79 Å². The van der Waals surface area contributed by atoms with Crippen molar-refractivity contribution in [3.63, 3.8) is 0 Å². The Labute approximate surface area is 179 Å². The average Bonchev–Trinajstić information content (AvgIpc) is 3.32. The van der Waals surface area contributed by atoms with Crippen LogP contribution in [-0.2, 0) is 11.2 Å². The van der Waals surface area contributed by atoms with Crippen molar-refractivity contribution in [1.82, 2.24) is 0 Å². The quantitative estimate of drug-likeness (QED) is 0.383. The van der Waals surface area contributed by atoms with E-state index in [2.05, 4.69) is 4.99 Å². The molecule has 0 spiro atoms. The number of aryl methyl sites for hydroxylation is 2. The summed E-state index contributed by atoms with van der Waals surface area (Å²) in [7, 11) is 0. The molecule has 0 unspecified atom stereocenters. The van der Waals surface area contributed by atoms with Crippen molar-refractivity contribution < 1.29 is 19.0 Å². The van der Waals surface area contributed by atoms with Crippen molar-refractivity contribution in [2.75, 3.05) is 13.4 Å². The lowest BCUT2D eigenvalue weighted by atomic mass is 10.0. The largest absolute Gasteiger partial charge is 0.462 e. The van der Waals surface area contributed by atoms with E-state index in [1.807, 2.05) is 63.2 Å². The molecule has 5 nitrogen and oxygen atoms in total.